The zero-order valence-corrected chi connectivity index (χ0v) is 12.1. The Morgan fingerprint density at radius 3 is 2.25 bits per heavy atom. The molecule has 1 aliphatic heterocycles. The second kappa shape index (κ2) is 6.07. The third-order valence-electron chi connectivity index (χ3n) is 3.90. The number of carbonyl (C=O) groups is 2. The first-order chi connectivity index (χ1) is 9.54. The minimum absolute atomic E-state index is 0.172. The van der Waals surface area contributed by atoms with Crippen LogP contribution in [0.1, 0.15) is 38.7 Å². The number of hydrogen-bond acceptors (Lipinski definition) is 3. The molecule has 4 heteroatoms. The largest absolute Gasteiger partial charge is 0.430 e. The van der Waals surface area contributed by atoms with Crippen molar-refractivity contribution in [1.29, 1.82) is 0 Å². The number of amides is 1. The molecule has 0 spiro atoms. The fraction of sp³-hybridized carbons (Fsp3) is 0.500. The van der Waals surface area contributed by atoms with E-state index in [0.717, 1.165) is 19.3 Å². The number of likely N-dealkylation sites (tertiary alicyclic amines) is 1. The van der Waals surface area contributed by atoms with Crippen molar-refractivity contribution >= 4 is 11.9 Å². The molecule has 108 valence electrons. The van der Waals surface area contributed by atoms with E-state index in [1.807, 2.05) is 30.3 Å². The maximum Gasteiger partial charge on any atom is 0.411 e. The van der Waals surface area contributed by atoms with Crippen LogP contribution in [0, 0.1) is 0 Å². The lowest BCUT2D eigenvalue weighted by atomic mass is 9.92. The molecule has 1 unspecified atom stereocenters. The molecule has 1 heterocycles. The summed E-state index contributed by atoms with van der Waals surface area (Å²) >= 11 is 0. The number of rotatable bonds is 3. The van der Waals surface area contributed by atoms with Crippen molar-refractivity contribution in [1.82, 2.24) is 4.90 Å². The SMILES string of the molecule is CC(=O)C(C)(OC(=O)N1CCCCC1)c1ccccc1. The summed E-state index contributed by atoms with van der Waals surface area (Å²) in [7, 11) is 0. The molecule has 0 aliphatic carbocycles. The van der Waals surface area contributed by atoms with Gasteiger partial charge in [0.15, 0.2) is 11.4 Å². The van der Waals surface area contributed by atoms with E-state index < -0.39 is 11.7 Å². The molecule has 1 amide bonds. The first-order valence-corrected chi connectivity index (χ1v) is 7.08. The molecular weight excluding hydrogens is 254 g/mol. The summed E-state index contributed by atoms with van der Waals surface area (Å²) in [6.45, 7) is 4.53. The van der Waals surface area contributed by atoms with Crippen LogP contribution in [0.4, 0.5) is 4.79 Å². The summed E-state index contributed by atoms with van der Waals surface area (Å²) in [4.78, 5) is 25.9. The van der Waals surface area contributed by atoms with Crippen molar-refractivity contribution in [3.05, 3.63) is 35.9 Å². The maximum atomic E-state index is 12.2. The Hall–Kier alpha value is -1.84. The molecule has 1 aliphatic rings. The van der Waals surface area contributed by atoms with Crippen LogP contribution in [0.5, 0.6) is 0 Å². The normalized spacial score (nSPS) is 18.2. The fourth-order valence-corrected chi connectivity index (χ4v) is 2.41. The molecule has 0 N–H and O–H groups in total. The lowest BCUT2D eigenvalue weighted by Gasteiger charge is -2.32. The molecule has 0 radical (unpaired) electrons. The van der Waals surface area contributed by atoms with Gasteiger partial charge in [-0.3, -0.25) is 4.79 Å². The summed E-state index contributed by atoms with van der Waals surface area (Å²) in [6.07, 6.45) is 2.74. The van der Waals surface area contributed by atoms with Crippen LogP contribution in [0.15, 0.2) is 30.3 Å². The van der Waals surface area contributed by atoms with E-state index >= 15 is 0 Å². The van der Waals surface area contributed by atoms with E-state index in [1.54, 1.807) is 11.8 Å². The molecule has 0 bridgehead atoms. The maximum absolute atomic E-state index is 12.2. The summed E-state index contributed by atoms with van der Waals surface area (Å²) < 4.78 is 5.56. The number of piperidine rings is 1. The van der Waals surface area contributed by atoms with Crippen LogP contribution in [0.2, 0.25) is 0 Å². The van der Waals surface area contributed by atoms with Gasteiger partial charge in [0, 0.05) is 18.7 Å². The number of hydrogen-bond donors (Lipinski definition) is 0. The van der Waals surface area contributed by atoms with Crippen molar-refractivity contribution in [2.24, 2.45) is 0 Å². The summed E-state index contributed by atoms with van der Waals surface area (Å²) in [5.74, 6) is -0.172. The number of carbonyl (C=O) groups excluding carboxylic acids is 2. The quantitative estimate of drug-likeness (QED) is 0.851. The highest BCUT2D eigenvalue weighted by atomic mass is 16.6. The summed E-state index contributed by atoms with van der Waals surface area (Å²) in [5.41, 5.74) is -0.506. The topological polar surface area (TPSA) is 46.6 Å². The van der Waals surface area contributed by atoms with Gasteiger partial charge in [-0.05, 0) is 33.1 Å². The van der Waals surface area contributed by atoms with Gasteiger partial charge >= 0.3 is 6.09 Å². The first kappa shape index (κ1) is 14.6. The van der Waals surface area contributed by atoms with E-state index in [-0.39, 0.29) is 5.78 Å². The van der Waals surface area contributed by atoms with Gasteiger partial charge in [0.05, 0.1) is 0 Å². The van der Waals surface area contributed by atoms with E-state index in [4.69, 9.17) is 4.74 Å². The standard InChI is InChI=1S/C16H21NO3/c1-13(18)16(2,14-9-5-3-6-10-14)20-15(19)17-11-7-4-8-12-17/h3,5-6,9-10H,4,7-8,11-12H2,1-2H3. The smallest absolute Gasteiger partial charge is 0.411 e. The Kier molecular flexibility index (Phi) is 4.42. The Morgan fingerprint density at radius 2 is 1.70 bits per heavy atom. The lowest BCUT2D eigenvalue weighted by molar-refractivity contribution is -0.135. The van der Waals surface area contributed by atoms with Gasteiger partial charge in [-0.15, -0.1) is 0 Å². The van der Waals surface area contributed by atoms with Crippen LogP contribution < -0.4 is 0 Å². The van der Waals surface area contributed by atoms with Crippen LogP contribution in [-0.4, -0.2) is 29.9 Å². The van der Waals surface area contributed by atoms with Gasteiger partial charge in [-0.1, -0.05) is 30.3 Å². The van der Waals surface area contributed by atoms with Crippen LogP contribution in [-0.2, 0) is 15.1 Å². The highest BCUT2D eigenvalue weighted by molar-refractivity contribution is 5.88. The Bertz CT molecular complexity index is 480. The predicted octanol–water partition coefficient (Wildman–Crippen LogP) is 3.11. The van der Waals surface area contributed by atoms with Gasteiger partial charge in [-0.2, -0.15) is 0 Å². The third kappa shape index (κ3) is 3.00. The van der Waals surface area contributed by atoms with Crippen LogP contribution in [0.25, 0.3) is 0 Å². The molecule has 4 nitrogen and oxygen atoms in total. The van der Waals surface area contributed by atoms with Crippen LogP contribution >= 0.6 is 0 Å². The summed E-state index contributed by atoms with van der Waals surface area (Å²) in [5, 5.41) is 0. The average Bonchev–Trinajstić information content (AvgIpc) is 2.48. The number of nitrogens with zero attached hydrogens (tertiary/aromatic N) is 1. The highest BCUT2D eigenvalue weighted by Gasteiger charge is 2.37. The molecule has 1 aromatic carbocycles. The van der Waals surface area contributed by atoms with Crippen molar-refractivity contribution in [3.63, 3.8) is 0 Å². The second-order valence-corrected chi connectivity index (χ2v) is 5.37. The van der Waals surface area contributed by atoms with Gasteiger partial charge in [0.1, 0.15) is 0 Å². The van der Waals surface area contributed by atoms with Crippen molar-refractivity contribution < 1.29 is 14.3 Å². The zero-order valence-electron chi connectivity index (χ0n) is 12.1. The Labute approximate surface area is 119 Å². The van der Waals surface area contributed by atoms with Crippen molar-refractivity contribution in [3.8, 4) is 0 Å². The van der Waals surface area contributed by atoms with E-state index in [0.29, 0.717) is 18.7 Å². The Balaban J connectivity index is 2.17. The lowest BCUT2D eigenvalue weighted by Crippen LogP contribution is -2.43. The third-order valence-corrected chi connectivity index (χ3v) is 3.90. The zero-order chi connectivity index (χ0) is 14.6. The molecule has 0 saturated carbocycles. The van der Waals surface area contributed by atoms with E-state index in [9.17, 15) is 9.59 Å². The van der Waals surface area contributed by atoms with E-state index in [1.165, 1.54) is 6.92 Å². The fourth-order valence-electron chi connectivity index (χ4n) is 2.41. The number of benzene rings is 1. The average molecular weight is 275 g/mol. The van der Waals surface area contributed by atoms with Gasteiger partial charge < -0.3 is 9.64 Å². The predicted molar refractivity (Wildman–Crippen MR) is 76.4 cm³/mol. The molecule has 1 aromatic rings. The van der Waals surface area contributed by atoms with Crippen LogP contribution in [0.3, 0.4) is 0 Å². The molecule has 0 aromatic heterocycles. The number of Topliss-reactive ketones (excluding diaryl/α,β-unsaturated/α-hetero) is 1. The molecule has 2 rings (SSSR count). The van der Waals surface area contributed by atoms with Crippen molar-refractivity contribution in [2.75, 3.05) is 13.1 Å². The highest BCUT2D eigenvalue weighted by Crippen LogP contribution is 2.28. The minimum Gasteiger partial charge on any atom is -0.430 e. The summed E-state index contributed by atoms with van der Waals surface area (Å²) in [6, 6.07) is 9.17. The molecule has 1 fully saturated rings. The van der Waals surface area contributed by atoms with Crippen molar-refractivity contribution in [2.45, 2.75) is 38.7 Å². The number of ether oxygens (including phenoxy) is 1. The molecular formula is C16H21NO3. The second-order valence-electron chi connectivity index (χ2n) is 5.37. The van der Waals surface area contributed by atoms with Gasteiger partial charge in [-0.25, -0.2) is 4.79 Å². The molecule has 1 saturated heterocycles. The molecule has 1 atom stereocenters. The monoisotopic (exact) mass is 275 g/mol. The van der Waals surface area contributed by atoms with E-state index in [2.05, 4.69) is 0 Å². The Morgan fingerprint density at radius 1 is 1.10 bits per heavy atom. The minimum atomic E-state index is -1.21. The first-order valence-electron chi connectivity index (χ1n) is 7.08. The van der Waals surface area contributed by atoms with Gasteiger partial charge in [0.2, 0.25) is 0 Å². The van der Waals surface area contributed by atoms with Gasteiger partial charge in [0.25, 0.3) is 0 Å². The molecule has 20 heavy (non-hydrogen) atoms. The number of ketones is 1.